The second-order valence-corrected chi connectivity index (χ2v) is 7.40. The second kappa shape index (κ2) is 7.31. The molecule has 4 rings (SSSR count). The van der Waals surface area contributed by atoms with E-state index in [1.165, 1.54) is 6.26 Å². The lowest BCUT2D eigenvalue weighted by molar-refractivity contribution is 0.0922. The molecule has 1 unspecified atom stereocenters. The van der Waals surface area contributed by atoms with Crippen LogP contribution >= 0.6 is 11.6 Å². The maximum atomic E-state index is 13.9. The van der Waals surface area contributed by atoms with Gasteiger partial charge in [-0.3, -0.25) is 4.79 Å². The van der Waals surface area contributed by atoms with Gasteiger partial charge in [0.2, 0.25) is 0 Å². The number of carbonyl (C=O) groups is 1. The lowest BCUT2D eigenvalue weighted by Gasteiger charge is -2.25. The van der Waals surface area contributed by atoms with Gasteiger partial charge >= 0.3 is 0 Å². The minimum Gasteiger partial charge on any atom is -0.460 e. The summed E-state index contributed by atoms with van der Waals surface area (Å²) in [6.07, 6.45) is 5.41. The summed E-state index contributed by atoms with van der Waals surface area (Å²) in [7, 11) is 0. The van der Waals surface area contributed by atoms with E-state index in [4.69, 9.17) is 16.0 Å². The smallest absolute Gasteiger partial charge is 0.255 e. The van der Waals surface area contributed by atoms with Crippen LogP contribution in [0.5, 0.6) is 0 Å². The molecular formula is C21H18ClF2NO2. The highest BCUT2D eigenvalue weighted by Crippen LogP contribution is 2.37. The molecular weight excluding hydrogens is 372 g/mol. The molecule has 1 saturated carbocycles. The highest BCUT2D eigenvalue weighted by atomic mass is 35.5. The minimum absolute atomic E-state index is 0.119. The fourth-order valence-electron chi connectivity index (χ4n) is 3.92. The van der Waals surface area contributed by atoms with Crippen molar-refractivity contribution in [2.45, 2.75) is 31.7 Å². The van der Waals surface area contributed by atoms with E-state index in [9.17, 15) is 13.6 Å². The van der Waals surface area contributed by atoms with Gasteiger partial charge in [-0.15, -0.1) is 0 Å². The van der Waals surface area contributed by atoms with Gasteiger partial charge in [-0.2, -0.15) is 0 Å². The van der Waals surface area contributed by atoms with Gasteiger partial charge in [0.25, 0.3) is 5.91 Å². The lowest BCUT2D eigenvalue weighted by Crippen LogP contribution is -2.32. The average Bonchev–Trinajstić information content (AvgIpc) is 3.29. The second-order valence-electron chi connectivity index (χ2n) is 6.96. The third-order valence-corrected chi connectivity index (χ3v) is 5.44. The topological polar surface area (TPSA) is 42.2 Å². The highest BCUT2D eigenvalue weighted by molar-refractivity contribution is 6.30. The average molecular weight is 390 g/mol. The van der Waals surface area contributed by atoms with Gasteiger partial charge in [-0.1, -0.05) is 36.6 Å². The fourth-order valence-corrected chi connectivity index (χ4v) is 4.12. The van der Waals surface area contributed by atoms with Crippen LogP contribution in [0.15, 0.2) is 47.1 Å². The normalized spacial score (nSPS) is 16.0. The van der Waals surface area contributed by atoms with E-state index in [2.05, 4.69) is 5.32 Å². The van der Waals surface area contributed by atoms with Gasteiger partial charge in [0.1, 0.15) is 12.1 Å². The number of hydrogen-bond acceptors (Lipinski definition) is 2. The van der Waals surface area contributed by atoms with Crippen molar-refractivity contribution in [1.29, 1.82) is 0 Å². The molecule has 0 spiro atoms. The third kappa shape index (κ3) is 3.56. The van der Waals surface area contributed by atoms with Gasteiger partial charge < -0.3 is 9.73 Å². The molecule has 1 aliphatic rings. The van der Waals surface area contributed by atoms with Crippen LogP contribution in [0.3, 0.4) is 0 Å². The molecule has 140 valence electrons. The van der Waals surface area contributed by atoms with E-state index >= 15 is 0 Å². The number of furan rings is 1. The molecule has 1 heterocycles. The summed E-state index contributed by atoms with van der Waals surface area (Å²) in [5.41, 5.74) is 0.919. The molecule has 1 fully saturated rings. The number of amides is 1. The summed E-state index contributed by atoms with van der Waals surface area (Å²) in [6, 6.07) is 9.04. The van der Waals surface area contributed by atoms with Crippen molar-refractivity contribution in [1.82, 2.24) is 5.32 Å². The van der Waals surface area contributed by atoms with Crippen LogP contribution in [-0.2, 0) is 0 Å². The van der Waals surface area contributed by atoms with E-state index in [-0.39, 0.29) is 22.6 Å². The Morgan fingerprint density at radius 3 is 2.70 bits per heavy atom. The number of rotatable bonds is 4. The highest BCUT2D eigenvalue weighted by Gasteiger charge is 2.29. The Morgan fingerprint density at radius 1 is 1.19 bits per heavy atom. The summed E-state index contributed by atoms with van der Waals surface area (Å²) in [5.74, 6) is -1.71. The molecule has 3 nitrogen and oxygen atoms in total. The molecule has 1 amide bonds. The van der Waals surface area contributed by atoms with Crippen LogP contribution in [0.2, 0.25) is 5.02 Å². The Bertz CT molecular complexity index is 995. The maximum Gasteiger partial charge on any atom is 0.255 e. The summed E-state index contributed by atoms with van der Waals surface area (Å²) < 4.78 is 32.6. The Hall–Kier alpha value is -2.40. The number of nitrogens with one attached hydrogen (secondary N) is 1. The van der Waals surface area contributed by atoms with Crippen LogP contribution in [0.25, 0.3) is 11.0 Å². The summed E-state index contributed by atoms with van der Waals surface area (Å²) in [4.78, 5) is 12.9. The van der Waals surface area contributed by atoms with E-state index in [1.807, 2.05) is 18.2 Å². The minimum atomic E-state index is -0.828. The molecule has 1 atom stereocenters. The molecule has 1 aromatic heterocycles. The predicted molar refractivity (Wildman–Crippen MR) is 99.7 cm³/mol. The molecule has 2 aromatic carbocycles. The van der Waals surface area contributed by atoms with Gasteiger partial charge in [0.15, 0.2) is 11.4 Å². The monoisotopic (exact) mass is 389 g/mol. The molecule has 27 heavy (non-hydrogen) atoms. The van der Waals surface area contributed by atoms with Crippen LogP contribution in [0.4, 0.5) is 8.78 Å². The van der Waals surface area contributed by atoms with Crippen molar-refractivity contribution in [3.63, 3.8) is 0 Å². The van der Waals surface area contributed by atoms with Crippen LogP contribution < -0.4 is 5.32 Å². The van der Waals surface area contributed by atoms with Gasteiger partial charge in [-0.05, 0) is 42.5 Å². The van der Waals surface area contributed by atoms with E-state index < -0.39 is 17.5 Å². The van der Waals surface area contributed by atoms with E-state index in [0.717, 1.165) is 43.4 Å². The first-order chi connectivity index (χ1) is 13.0. The van der Waals surface area contributed by atoms with Crippen molar-refractivity contribution >= 4 is 28.5 Å². The number of hydrogen-bond donors (Lipinski definition) is 1. The van der Waals surface area contributed by atoms with Crippen molar-refractivity contribution in [3.8, 4) is 0 Å². The zero-order chi connectivity index (χ0) is 19.0. The largest absolute Gasteiger partial charge is 0.460 e. The summed E-state index contributed by atoms with van der Waals surface area (Å²) in [5, 5.41) is 3.76. The Balaban J connectivity index is 1.68. The fraction of sp³-hybridized carbons (Fsp3) is 0.286. The molecule has 1 N–H and O–H groups in total. The maximum absolute atomic E-state index is 13.9. The first kappa shape index (κ1) is 18.0. The Morgan fingerprint density at radius 2 is 1.96 bits per heavy atom. The molecule has 0 aliphatic heterocycles. The molecule has 0 saturated heterocycles. The first-order valence-electron chi connectivity index (χ1n) is 8.95. The first-order valence-corrected chi connectivity index (χ1v) is 9.33. The van der Waals surface area contributed by atoms with Crippen molar-refractivity contribution in [2.24, 2.45) is 5.92 Å². The lowest BCUT2D eigenvalue weighted by atomic mass is 9.91. The van der Waals surface area contributed by atoms with Gasteiger partial charge in [0, 0.05) is 16.5 Å². The third-order valence-electron chi connectivity index (χ3n) is 5.20. The standard InChI is InChI=1S/C21H18ClF2NO2/c22-14-7-3-6-13(8-14)19(12-4-1-2-5-12)25-21(26)17-11-27-20-16(17)9-15(23)10-18(20)24/h3,6-12,19H,1-2,4-5H2,(H,25,26). The van der Waals surface area contributed by atoms with Crippen molar-refractivity contribution in [2.75, 3.05) is 0 Å². The molecule has 6 heteroatoms. The van der Waals surface area contributed by atoms with E-state index in [1.54, 1.807) is 6.07 Å². The van der Waals surface area contributed by atoms with Crippen LogP contribution in [0.1, 0.15) is 47.6 Å². The number of benzene rings is 2. The molecule has 1 aliphatic carbocycles. The predicted octanol–water partition coefficient (Wildman–Crippen LogP) is 6.03. The van der Waals surface area contributed by atoms with Crippen LogP contribution in [-0.4, -0.2) is 5.91 Å². The summed E-state index contributed by atoms with van der Waals surface area (Å²) >= 11 is 6.13. The molecule has 0 radical (unpaired) electrons. The van der Waals surface area contributed by atoms with Gasteiger partial charge in [0.05, 0.1) is 11.6 Å². The Labute approximate surface area is 160 Å². The van der Waals surface area contributed by atoms with E-state index in [0.29, 0.717) is 10.9 Å². The quantitative estimate of drug-likeness (QED) is 0.592. The molecule has 3 aromatic rings. The molecule has 0 bridgehead atoms. The zero-order valence-electron chi connectivity index (χ0n) is 14.5. The van der Waals surface area contributed by atoms with Crippen molar-refractivity contribution in [3.05, 3.63) is 70.4 Å². The number of halogens is 3. The zero-order valence-corrected chi connectivity index (χ0v) is 15.2. The Kier molecular flexibility index (Phi) is 4.87. The SMILES string of the molecule is O=C(NC(c1cccc(Cl)c1)C1CCCC1)c1coc2c(F)cc(F)cc12. The number of fused-ring (bicyclic) bond motifs is 1. The number of carbonyl (C=O) groups excluding carboxylic acids is 1. The van der Waals surface area contributed by atoms with Crippen LogP contribution in [0, 0.1) is 17.6 Å². The summed E-state index contributed by atoms with van der Waals surface area (Å²) in [6.45, 7) is 0. The van der Waals surface area contributed by atoms with Gasteiger partial charge in [-0.25, -0.2) is 8.78 Å². The van der Waals surface area contributed by atoms with Crippen molar-refractivity contribution < 1.29 is 18.0 Å².